The molecule has 0 aliphatic heterocycles. The first-order chi connectivity index (χ1) is 14.8. The van der Waals surface area contributed by atoms with Gasteiger partial charge in [-0.1, -0.05) is 58.9 Å². The van der Waals surface area contributed by atoms with E-state index in [1.807, 2.05) is 0 Å². The molecule has 0 aliphatic rings. The molecule has 0 aromatic heterocycles. The zero-order valence-electron chi connectivity index (χ0n) is 24.5. The highest BCUT2D eigenvalue weighted by Crippen LogP contribution is 2.55. The molecule has 0 amide bonds. The van der Waals surface area contributed by atoms with Gasteiger partial charge in [-0.15, -0.1) is 16.3 Å². The minimum atomic E-state index is -2.36. The first-order valence-electron chi connectivity index (χ1n) is 12.2. The fourth-order valence-corrected chi connectivity index (χ4v) is 43.6. The Labute approximate surface area is 216 Å². The van der Waals surface area contributed by atoms with Crippen LogP contribution < -0.4 is 0 Å². The van der Waals surface area contributed by atoms with Gasteiger partial charge < -0.3 is 22.1 Å². The van der Waals surface area contributed by atoms with Crippen molar-refractivity contribution >= 4 is 57.2 Å². The molecule has 0 bridgehead atoms. The van der Waals surface area contributed by atoms with E-state index in [-0.39, 0.29) is 7.02 Å². The van der Waals surface area contributed by atoms with Crippen LogP contribution in [0.15, 0.2) is 0 Å². The lowest BCUT2D eigenvalue weighted by atomic mass is 10.6. The molecule has 0 N–H and O–H groups in total. The molecule has 2 atom stereocenters. The van der Waals surface area contributed by atoms with Gasteiger partial charge in [-0.05, 0) is 37.8 Å². The quantitative estimate of drug-likeness (QED) is 0.139. The van der Waals surface area contributed by atoms with Crippen LogP contribution in [0.3, 0.4) is 0 Å². The summed E-state index contributed by atoms with van der Waals surface area (Å²) in [4.78, 5) is 0. The van der Waals surface area contributed by atoms with Gasteiger partial charge in [0.25, 0.3) is 0 Å². The molecule has 0 aliphatic carbocycles. The lowest BCUT2D eigenvalue weighted by molar-refractivity contribution is 0.123. The van der Waals surface area contributed by atoms with Crippen molar-refractivity contribution in [2.45, 2.75) is 90.4 Å². The van der Waals surface area contributed by atoms with Crippen LogP contribution in [0.5, 0.6) is 0 Å². The highest BCUT2D eigenvalue weighted by molar-refractivity contribution is 8.18. The van der Waals surface area contributed by atoms with Gasteiger partial charge in [0.1, 0.15) is 0 Å². The summed E-state index contributed by atoms with van der Waals surface area (Å²) >= 11 is 0. The third-order valence-corrected chi connectivity index (χ3v) is 40.1. The molecule has 0 radical (unpaired) electrons. The van der Waals surface area contributed by atoms with Crippen LogP contribution in [-0.2, 0) is 22.1 Å². The normalized spacial score (nSPS) is 15.3. The third kappa shape index (κ3) is 17.0. The van der Waals surface area contributed by atoms with E-state index >= 15 is 0 Å². The molecule has 0 heterocycles. The van der Waals surface area contributed by atoms with E-state index in [1.54, 1.807) is 28.4 Å². The Morgan fingerprint density at radius 2 is 1.09 bits per heavy atom. The molecule has 2 unspecified atom stereocenters. The fraction of sp³-hybridized carbons (Fsp3) is 1.00. The van der Waals surface area contributed by atoms with Crippen LogP contribution in [0.4, 0.5) is 0 Å². The van der Waals surface area contributed by atoms with Gasteiger partial charge >= 0.3 is 17.4 Å². The van der Waals surface area contributed by atoms with Gasteiger partial charge in [0.05, 0.1) is 23.6 Å². The van der Waals surface area contributed by atoms with Crippen molar-refractivity contribution in [3.63, 3.8) is 0 Å². The molecule has 0 rings (SSSR count). The van der Waals surface area contributed by atoms with Crippen LogP contribution in [0.2, 0.25) is 77.6 Å². The Kier molecular flexibility index (Phi) is 18.5. The zero-order valence-corrected chi connectivity index (χ0v) is 31.6. The van der Waals surface area contributed by atoms with Gasteiger partial charge in [0.2, 0.25) is 0 Å². The Bertz CT molecular complexity index is 486. The molecule has 0 aromatic rings. The maximum atomic E-state index is 6.01. The summed E-state index contributed by atoms with van der Waals surface area (Å²) in [6.45, 7) is 24.3. The van der Waals surface area contributed by atoms with Gasteiger partial charge in [-0.2, -0.15) is 0 Å². The summed E-state index contributed by atoms with van der Waals surface area (Å²) in [5.41, 5.74) is 0. The lowest BCUT2D eigenvalue weighted by Crippen LogP contribution is -2.43. The van der Waals surface area contributed by atoms with Crippen molar-refractivity contribution in [3.8, 4) is 0 Å². The molecule has 202 valence electrons. The second-order valence-corrected chi connectivity index (χ2v) is 47.1. The van der Waals surface area contributed by atoms with E-state index < -0.39 is 40.9 Å². The number of hydrogen-bond acceptors (Lipinski definition) is 5. The van der Waals surface area contributed by atoms with Crippen LogP contribution >= 0.6 is 16.3 Å². The highest BCUT2D eigenvalue weighted by atomic mass is 31.6. The molecule has 0 saturated carbocycles. The Hall–Kier alpha value is 1.74. The van der Waals surface area contributed by atoms with Crippen molar-refractivity contribution in [1.82, 2.24) is 0 Å². The summed E-state index contributed by atoms with van der Waals surface area (Å²) in [6.07, 6.45) is 5.81. The van der Waals surface area contributed by atoms with E-state index in [0.717, 1.165) is 24.5 Å². The van der Waals surface area contributed by atoms with Gasteiger partial charge in [-0.25, -0.2) is 0 Å². The maximum absolute atomic E-state index is 6.01. The van der Waals surface area contributed by atoms with Gasteiger partial charge in [-0.3, -0.25) is 0 Å². The summed E-state index contributed by atoms with van der Waals surface area (Å²) < 4.78 is 28.1. The summed E-state index contributed by atoms with van der Waals surface area (Å²) in [6, 6.07) is 2.06. The van der Waals surface area contributed by atoms with Gasteiger partial charge in [0, 0.05) is 40.7 Å². The van der Waals surface area contributed by atoms with E-state index in [1.165, 1.54) is 19.0 Å². The molecular formula is C21H58O5P2Si5. The van der Waals surface area contributed by atoms with Crippen LogP contribution in [0, 0.1) is 0 Å². The standard InChI is InChI=1S/C12H33O3PSi3.C9H25O2PSi2/c1-13-19(14-2,15-3)12-10-11-16(17(4,5)6)18(7,8)9;1-10-14(5,8-6-7-12)11-9-13(2,3)4/h10-12H2,1-9H3;6-9,12H2,1-5H3. The molecule has 5 nitrogen and oxygen atoms in total. The fourth-order valence-electron chi connectivity index (χ4n) is 3.71. The largest absolute Gasteiger partial charge is 0.500 e. The SMILES string of the molecule is CO[Si](C)(CCCP)OC[Si](C)(C)C.CO[Si](CCCP([Si](C)(C)C)[Si](C)(C)C)(OC)OC. The first-order valence-corrected chi connectivity index (χ1v) is 31.4. The molecule has 33 heavy (non-hydrogen) atoms. The summed E-state index contributed by atoms with van der Waals surface area (Å²) in [7, 11) is 2.55. The monoisotopic (exact) mass is 592 g/mol. The smallest absolute Gasteiger partial charge is 0.398 e. The second kappa shape index (κ2) is 16.6. The average molecular weight is 593 g/mol. The molecule has 0 saturated heterocycles. The Morgan fingerprint density at radius 1 is 0.636 bits per heavy atom. The minimum Gasteiger partial charge on any atom is -0.398 e. The topological polar surface area (TPSA) is 46.2 Å². The Morgan fingerprint density at radius 3 is 1.39 bits per heavy atom. The predicted octanol–water partition coefficient (Wildman–Crippen LogP) is 7.27. The van der Waals surface area contributed by atoms with Crippen molar-refractivity contribution in [3.05, 3.63) is 0 Å². The van der Waals surface area contributed by atoms with Gasteiger partial charge in [0.15, 0.2) is 0 Å². The summed E-state index contributed by atoms with van der Waals surface area (Å²) in [5.74, 6) is 0. The van der Waals surface area contributed by atoms with E-state index in [4.69, 9.17) is 22.1 Å². The predicted molar refractivity (Wildman–Crippen MR) is 167 cm³/mol. The van der Waals surface area contributed by atoms with Crippen LogP contribution in [-0.4, -0.2) is 87.9 Å². The molecule has 0 aromatic carbocycles. The number of hydrogen-bond donors (Lipinski definition) is 0. The maximum Gasteiger partial charge on any atom is 0.500 e. The molecule has 0 spiro atoms. The van der Waals surface area contributed by atoms with E-state index in [2.05, 4.69) is 74.7 Å². The summed E-state index contributed by atoms with van der Waals surface area (Å²) in [5, 5.41) is 0. The van der Waals surface area contributed by atoms with Crippen molar-refractivity contribution in [2.75, 3.05) is 47.0 Å². The highest BCUT2D eigenvalue weighted by Gasteiger charge is 2.40. The minimum absolute atomic E-state index is 0.223. The molecule has 12 heteroatoms. The second-order valence-electron chi connectivity index (χ2n) is 12.0. The first kappa shape index (κ1) is 36.9. The molecule has 0 fully saturated rings. The van der Waals surface area contributed by atoms with Crippen LogP contribution in [0.25, 0.3) is 0 Å². The lowest BCUT2D eigenvalue weighted by Gasteiger charge is -2.40. The number of rotatable bonds is 16. The zero-order chi connectivity index (χ0) is 26.6. The van der Waals surface area contributed by atoms with Crippen molar-refractivity contribution in [1.29, 1.82) is 0 Å². The molecular weight excluding hydrogens is 535 g/mol. The Balaban J connectivity index is 0. The van der Waals surface area contributed by atoms with Crippen LogP contribution in [0.1, 0.15) is 12.8 Å². The van der Waals surface area contributed by atoms with Crippen molar-refractivity contribution in [2.24, 2.45) is 0 Å². The average Bonchev–Trinajstić information content (AvgIpc) is 2.69. The van der Waals surface area contributed by atoms with Crippen molar-refractivity contribution < 1.29 is 22.1 Å². The van der Waals surface area contributed by atoms with E-state index in [0.29, 0.717) is 0 Å². The van der Waals surface area contributed by atoms with E-state index in [9.17, 15) is 0 Å². The third-order valence-electron chi connectivity index (χ3n) is 5.49.